The number of para-hydroxylation sites is 2. The Hall–Kier alpha value is -2.13. The number of nitrogens with zero attached hydrogens (tertiary/aromatic N) is 1. The van der Waals surface area contributed by atoms with Crippen LogP contribution in [0.4, 0.5) is 0 Å². The zero-order valence-electron chi connectivity index (χ0n) is 10.6. The van der Waals surface area contributed by atoms with E-state index in [1.807, 2.05) is 18.2 Å². The molecular formula is C16H15N3. The highest BCUT2D eigenvalue weighted by Gasteiger charge is 2.21. The molecule has 1 aromatic heterocycles. The third kappa shape index (κ3) is 1.83. The molecule has 0 amide bonds. The number of hydrogen-bond acceptors (Lipinski definition) is 2. The number of H-pyrrole nitrogens is 1. The van der Waals surface area contributed by atoms with Gasteiger partial charge in [0.05, 0.1) is 17.1 Å². The summed E-state index contributed by atoms with van der Waals surface area (Å²) in [5.41, 5.74) is 4.97. The molecule has 0 bridgehead atoms. The van der Waals surface area contributed by atoms with Gasteiger partial charge in [-0.3, -0.25) is 0 Å². The third-order valence-electron chi connectivity index (χ3n) is 3.82. The summed E-state index contributed by atoms with van der Waals surface area (Å²) in [6, 6.07) is 17.1. The number of imidazole rings is 1. The van der Waals surface area contributed by atoms with E-state index in [0.29, 0.717) is 0 Å². The van der Waals surface area contributed by atoms with Gasteiger partial charge in [-0.05, 0) is 29.7 Å². The minimum absolute atomic E-state index is 0.280. The van der Waals surface area contributed by atoms with Crippen LogP contribution in [0.3, 0.4) is 0 Å². The normalized spacial score (nSPS) is 18.4. The van der Waals surface area contributed by atoms with Crippen molar-refractivity contribution < 1.29 is 0 Å². The maximum Gasteiger partial charge on any atom is 0.124 e. The van der Waals surface area contributed by atoms with Gasteiger partial charge in [0.2, 0.25) is 0 Å². The van der Waals surface area contributed by atoms with E-state index in [4.69, 9.17) is 4.98 Å². The molecule has 3 nitrogen and oxygen atoms in total. The molecule has 3 heteroatoms. The zero-order chi connectivity index (χ0) is 12.7. The largest absolute Gasteiger partial charge is 0.341 e. The van der Waals surface area contributed by atoms with Crippen LogP contribution in [-0.4, -0.2) is 9.97 Å². The van der Waals surface area contributed by atoms with Crippen molar-refractivity contribution in [1.29, 1.82) is 0 Å². The number of benzene rings is 2. The molecule has 0 saturated carbocycles. The second-order valence-corrected chi connectivity index (χ2v) is 5.05. The minimum atomic E-state index is 0.280. The Balaban J connectivity index is 1.70. The van der Waals surface area contributed by atoms with Gasteiger partial charge in [0.15, 0.2) is 0 Å². The summed E-state index contributed by atoms with van der Waals surface area (Å²) >= 11 is 0. The minimum Gasteiger partial charge on any atom is -0.341 e. The molecule has 1 atom stereocenters. The number of nitrogens with one attached hydrogen (secondary N) is 2. The first kappa shape index (κ1) is 10.8. The smallest absolute Gasteiger partial charge is 0.124 e. The van der Waals surface area contributed by atoms with Crippen LogP contribution in [0.5, 0.6) is 0 Å². The van der Waals surface area contributed by atoms with Crippen molar-refractivity contribution in [3.05, 3.63) is 65.5 Å². The summed E-state index contributed by atoms with van der Waals surface area (Å²) in [5, 5.41) is 3.56. The summed E-state index contributed by atoms with van der Waals surface area (Å²) in [6.07, 6.45) is 0.996. The highest BCUT2D eigenvalue weighted by Crippen LogP contribution is 2.25. The van der Waals surface area contributed by atoms with Crippen LogP contribution in [0.1, 0.15) is 23.0 Å². The fraction of sp³-hybridized carbons (Fsp3) is 0.188. The van der Waals surface area contributed by atoms with Gasteiger partial charge in [0.25, 0.3) is 0 Å². The maximum atomic E-state index is 4.69. The van der Waals surface area contributed by atoms with Crippen molar-refractivity contribution in [1.82, 2.24) is 15.3 Å². The standard InChI is InChI=1S/C16H15N3/c1-2-6-12-10-17-15(9-11(12)5-1)16-18-13-7-3-4-8-14(13)19-16/h1-8,15,17H,9-10H2,(H,18,19)/t15-/m0/s1. The van der Waals surface area contributed by atoms with Gasteiger partial charge in [-0.25, -0.2) is 4.98 Å². The van der Waals surface area contributed by atoms with E-state index in [-0.39, 0.29) is 6.04 Å². The van der Waals surface area contributed by atoms with E-state index in [1.54, 1.807) is 0 Å². The predicted molar refractivity (Wildman–Crippen MR) is 75.8 cm³/mol. The van der Waals surface area contributed by atoms with Gasteiger partial charge in [-0.15, -0.1) is 0 Å². The fourth-order valence-electron chi connectivity index (χ4n) is 2.79. The van der Waals surface area contributed by atoms with E-state index in [9.17, 15) is 0 Å². The zero-order valence-corrected chi connectivity index (χ0v) is 10.6. The van der Waals surface area contributed by atoms with Gasteiger partial charge in [0, 0.05) is 6.54 Å². The quantitative estimate of drug-likeness (QED) is 0.696. The van der Waals surface area contributed by atoms with E-state index in [2.05, 4.69) is 40.6 Å². The summed E-state index contributed by atoms with van der Waals surface area (Å²) in [6.45, 7) is 0.915. The molecule has 0 radical (unpaired) electrons. The lowest BCUT2D eigenvalue weighted by molar-refractivity contribution is 0.481. The lowest BCUT2D eigenvalue weighted by Gasteiger charge is -2.24. The van der Waals surface area contributed by atoms with E-state index in [0.717, 1.165) is 29.8 Å². The molecule has 4 rings (SSSR count). The van der Waals surface area contributed by atoms with Crippen LogP contribution < -0.4 is 5.32 Å². The Morgan fingerprint density at radius 1 is 0.947 bits per heavy atom. The van der Waals surface area contributed by atoms with Crippen molar-refractivity contribution in [3.8, 4) is 0 Å². The van der Waals surface area contributed by atoms with Crippen LogP contribution in [0.2, 0.25) is 0 Å². The summed E-state index contributed by atoms with van der Waals surface area (Å²) in [5.74, 6) is 1.04. The molecule has 2 aromatic carbocycles. The van der Waals surface area contributed by atoms with Crippen LogP contribution in [-0.2, 0) is 13.0 Å². The predicted octanol–water partition coefficient (Wildman–Crippen LogP) is 2.95. The van der Waals surface area contributed by atoms with Gasteiger partial charge in [0.1, 0.15) is 5.82 Å². The van der Waals surface area contributed by atoms with Crippen molar-refractivity contribution in [2.24, 2.45) is 0 Å². The van der Waals surface area contributed by atoms with E-state index in [1.165, 1.54) is 11.1 Å². The van der Waals surface area contributed by atoms with Crippen LogP contribution in [0.25, 0.3) is 11.0 Å². The Kier molecular flexibility index (Phi) is 2.38. The maximum absolute atomic E-state index is 4.69. The van der Waals surface area contributed by atoms with Crippen molar-refractivity contribution in [2.75, 3.05) is 0 Å². The molecule has 0 saturated heterocycles. The summed E-state index contributed by atoms with van der Waals surface area (Å²) in [7, 11) is 0. The first-order valence-corrected chi connectivity index (χ1v) is 6.65. The molecule has 0 fully saturated rings. The molecule has 1 aliphatic heterocycles. The van der Waals surface area contributed by atoms with Crippen LogP contribution in [0, 0.1) is 0 Å². The lowest BCUT2D eigenvalue weighted by atomic mass is 9.96. The topological polar surface area (TPSA) is 40.7 Å². The van der Waals surface area contributed by atoms with Gasteiger partial charge in [-0.1, -0.05) is 36.4 Å². The van der Waals surface area contributed by atoms with Gasteiger partial charge in [-0.2, -0.15) is 0 Å². The molecular weight excluding hydrogens is 234 g/mol. The Labute approximate surface area is 111 Å². The Bertz CT molecular complexity index is 696. The van der Waals surface area contributed by atoms with Crippen LogP contribution >= 0.6 is 0 Å². The molecule has 0 aliphatic carbocycles. The number of rotatable bonds is 1. The summed E-state index contributed by atoms with van der Waals surface area (Å²) in [4.78, 5) is 8.11. The van der Waals surface area contributed by atoms with Crippen molar-refractivity contribution in [3.63, 3.8) is 0 Å². The van der Waals surface area contributed by atoms with Crippen LogP contribution in [0.15, 0.2) is 48.5 Å². The third-order valence-corrected chi connectivity index (χ3v) is 3.82. The Morgan fingerprint density at radius 3 is 2.63 bits per heavy atom. The molecule has 0 spiro atoms. The average molecular weight is 249 g/mol. The average Bonchev–Trinajstić information content (AvgIpc) is 2.90. The summed E-state index contributed by atoms with van der Waals surface area (Å²) < 4.78 is 0. The van der Waals surface area contributed by atoms with Crippen molar-refractivity contribution >= 4 is 11.0 Å². The second kappa shape index (κ2) is 4.21. The molecule has 19 heavy (non-hydrogen) atoms. The second-order valence-electron chi connectivity index (χ2n) is 5.05. The highest BCUT2D eigenvalue weighted by atomic mass is 15.0. The molecule has 1 aliphatic rings. The molecule has 2 N–H and O–H groups in total. The lowest BCUT2D eigenvalue weighted by Crippen LogP contribution is -2.29. The van der Waals surface area contributed by atoms with Gasteiger partial charge >= 0.3 is 0 Å². The monoisotopic (exact) mass is 249 g/mol. The number of hydrogen-bond donors (Lipinski definition) is 2. The van der Waals surface area contributed by atoms with Gasteiger partial charge < -0.3 is 10.3 Å². The Morgan fingerprint density at radius 2 is 1.74 bits per heavy atom. The molecule has 3 aromatic rings. The SMILES string of the molecule is c1ccc2c(c1)CN[C@H](c1nc3ccccc3[nH]1)C2. The highest BCUT2D eigenvalue weighted by molar-refractivity contribution is 5.74. The first-order valence-electron chi connectivity index (χ1n) is 6.65. The van der Waals surface area contributed by atoms with Crippen molar-refractivity contribution in [2.45, 2.75) is 19.0 Å². The number of fused-ring (bicyclic) bond motifs is 2. The number of aromatic amines is 1. The molecule has 94 valence electrons. The number of aromatic nitrogens is 2. The van der Waals surface area contributed by atoms with E-state index >= 15 is 0 Å². The molecule has 0 unspecified atom stereocenters. The molecule has 2 heterocycles. The first-order chi connectivity index (χ1) is 9.40. The fourth-order valence-corrected chi connectivity index (χ4v) is 2.79. The van der Waals surface area contributed by atoms with E-state index < -0.39 is 0 Å².